The Morgan fingerprint density at radius 2 is 2.17 bits per heavy atom. The first-order valence-corrected chi connectivity index (χ1v) is 10.9. The van der Waals surface area contributed by atoms with Gasteiger partial charge < -0.3 is 10.6 Å². The summed E-state index contributed by atoms with van der Waals surface area (Å²) in [5.41, 5.74) is 5.77. The number of hydrogen-bond acceptors (Lipinski definition) is 5. The fourth-order valence-electron chi connectivity index (χ4n) is 3.21. The normalized spacial score (nSPS) is 18.3. The minimum absolute atomic E-state index is 0.166. The minimum atomic E-state index is -4.58. The van der Waals surface area contributed by atoms with E-state index in [1.165, 1.54) is 18.4 Å². The minimum Gasteiger partial charge on any atom is -0.356 e. The SMILES string of the molecule is CS(=O)NCc1cnc(-c2ccc(Cl)c(C(F)(F)F)c2)nc1N1CCC(CN)C1. The van der Waals surface area contributed by atoms with Gasteiger partial charge in [-0.2, -0.15) is 13.2 Å². The molecule has 2 heterocycles. The number of rotatable bonds is 6. The Bertz CT molecular complexity index is 912. The molecule has 3 rings (SSSR count). The van der Waals surface area contributed by atoms with Gasteiger partial charge in [-0.15, -0.1) is 0 Å². The second-order valence-electron chi connectivity index (χ2n) is 6.85. The molecule has 2 atom stereocenters. The quantitative estimate of drug-likeness (QED) is 0.711. The Morgan fingerprint density at radius 3 is 2.79 bits per heavy atom. The summed E-state index contributed by atoms with van der Waals surface area (Å²) in [4.78, 5) is 10.8. The summed E-state index contributed by atoms with van der Waals surface area (Å²) in [5, 5.41) is -0.377. The molecule has 1 aliphatic rings. The van der Waals surface area contributed by atoms with E-state index in [2.05, 4.69) is 14.7 Å². The Morgan fingerprint density at radius 1 is 1.41 bits per heavy atom. The second kappa shape index (κ2) is 8.95. The molecule has 6 nitrogen and oxygen atoms in total. The summed E-state index contributed by atoms with van der Waals surface area (Å²) in [6.45, 7) is 2.25. The maximum atomic E-state index is 13.2. The lowest BCUT2D eigenvalue weighted by Gasteiger charge is -2.21. The van der Waals surface area contributed by atoms with Crippen molar-refractivity contribution in [2.75, 3.05) is 30.8 Å². The third-order valence-corrected chi connectivity index (χ3v) is 5.64. The Labute approximate surface area is 174 Å². The van der Waals surface area contributed by atoms with Crippen molar-refractivity contribution in [2.24, 2.45) is 11.7 Å². The van der Waals surface area contributed by atoms with Crippen molar-refractivity contribution in [2.45, 2.75) is 19.1 Å². The van der Waals surface area contributed by atoms with Gasteiger partial charge in [0.2, 0.25) is 0 Å². The van der Waals surface area contributed by atoms with Crippen LogP contribution in [0.2, 0.25) is 5.02 Å². The molecule has 0 saturated carbocycles. The van der Waals surface area contributed by atoms with Crippen LogP contribution in [-0.2, 0) is 23.7 Å². The number of alkyl halides is 3. The highest BCUT2D eigenvalue weighted by Gasteiger charge is 2.34. The first kappa shape index (κ1) is 21.9. The van der Waals surface area contributed by atoms with Gasteiger partial charge >= 0.3 is 6.18 Å². The second-order valence-corrected chi connectivity index (χ2v) is 8.45. The molecule has 2 aromatic rings. The molecule has 0 spiro atoms. The molecule has 0 radical (unpaired) electrons. The number of benzene rings is 1. The fourth-order valence-corrected chi connectivity index (χ4v) is 3.80. The molecule has 0 aliphatic carbocycles. The van der Waals surface area contributed by atoms with Crippen LogP contribution >= 0.6 is 11.6 Å². The molecule has 1 saturated heterocycles. The van der Waals surface area contributed by atoms with Gasteiger partial charge in [-0.05, 0) is 37.1 Å². The van der Waals surface area contributed by atoms with Crippen molar-refractivity contribution < 1.29 is 17.4 Å². The highest BCUT2D eigenvalue weighted by molar-refractivity contribution is 7.82. The van der Waals surface area contributed by atoms with Gasteiger partial charge in [0.15, 0.2) is 5.82 Å². The average molecular weight is 448 g/mol. The summed E-state index contributed by atoms with van der Waals surface area (Å²) in [6, 6.07) is 3.61. The highest BCUT2D eigenvalue weighted by atomic mass is 35.5. The Hall–Kier alpha value is -1.75. The van der Waals surface area contributed by atoms with Crippen LogP contribution in [-0.4, -0.2) is 40.1 Å². The number of hydrogen-bond donors (Lipinski definition) is 2. The monoisotopic (exact) mass is 447 g/mol. The van der Waals surface area contributed by atoms with Crippen LogP contribution in [0, 0.1) is 5.92 Å². The third kappa shape index (κ3) is 5.25. The van der Waals surface area contributed by atoms with Gasteiger partial charge in [0.1, 0.15) is 5.82 Å². The van der Waals surface area contributed by atoms with E-state index < -0.39 is 22.7 Å². The van der Waals surface area contributed by atoms with Crippen molar-refractivity contribution >= 4 is 28.4 Å². The van der Waals surface area contributed by atoms with Gasteiger partial charge in [0.25, 0.3) is 0 Å². The molecule has 1 aromatic carbocycles. The van der Waals surface area contributed by atoms with Crippen LogP contribution in [0.4, 0.5) is 19.0 Å². The summed E-state index contributed by atoms with van der Waals surface area (Å²) < 4.78 is 53.9. The molecule has 1 fully saturated rings. The highest BCUT2D eigenvalue weighted by Crippen LogP contribution is 2.37. The molecule has 2 unspecified atom stereocenters. The van der Waals surface area contributed by atoms with Crippen LogP contribution in [0.3, 0.4) is 0 Å². The van der Waals surface area contributed by atoms with Crippen LogP contribution < -0.4 is 15.4 Å². The lowest BCUT2D eigenvalue weighted by Crippen LogP contribution is -2.26. The standard InChI is InChI=1S/C18H21ClF3N5OS/c1-29(28)25-9-13-8-24-16(26-17(13)27-5-4-11(7-23)10-27)12-2-3-15(19)14(6-12)18(20,21)22/h2-3,6,8,11,25H,4-5,7,9-10,23H2,1H3. The first-order valence-electron chi connectivity index (χ1n) is 8.94. The Balaban J connectivity index is 2.01. The van der Waals surface area contributed by atoms with Crippen LogP contribution in [0.25, 0.3) is 11.4 Å². The van der Waals surface area contributed by atoms with Gasteiger partial charge in [-0.25, -0.2) is 18.9 Å². The molecule has 1 aromatic heterocycles. The van der Waals surface area contributed by atoms with Crippen molar-refractivity contribution in [3.05, 3.63) is 40.5 Å². The largest absolute Gasteiger partial charge is 0.417 e. The molecule has 29 heavy (non-hydrogen) atoms. The van der Waals surface area contributed by atoms with Crippen molar-refractivity contribution in [1.29, 1.82) is 0 Å². The van der Waals surface area contributed by atoms with Gasteiger partial charge in [0, 0.05) is 43.2 Å². The van der Waals surface area contributed by atoms with E-state index in [0.29, 0.717) is 30.4 Å². The maximum absolute atomic E-state index is 13.2. The number of nitrogens with zero attached hydrogens (tertiary/aromatic N) is 3. The molecular weight excluding hydrogens is 427 g/mol. The summed E-state index contributed by atoms with van der Waals surface area (Å²) in [6.07, 6.45) is -0.605. The predicted octanol–water partition coefficient (Wildman–Crippen LogP) is 2.98. The van der Waals surface area contributed by atoms with E-state index in [1.807, 2.05) is 4.90 Å². The summed E-state index contributed by atoms with van der Waals surface area (Å²) in [5.74, 6) is 1.09. The predicted molar refractivity (Wildman–Crippen MR) is 108 cm³/mol. The maximum Gasteiger partial charge on any atom is 0.417 e. The molecule has 158 valence electrons. The number of nitrogens with one attached hydrogen (secondary N) is 1. The molecule has 0 bridgehead atoms. The van der Waals surface area contributed by atoms with E-state index in [0.717, 1.165) is 19.0 Å². The van der Waals surface area contributed by atoms with E-state index >= 15 is 0 Å². The molecule has 0 amide bonds. The van der Waals surface area contributed by atoms with E-state index in [9.17, 15) is 17.4 Å². The zero-order valence-corrected chi connectivity index (χ0v) is 17.2. The number of halogens is 4. The fraction of sp³-hybridized carbons (Fsp3) is 0.444. The van der Waals surface area contributed by atoms with E-state index in [-0.39, 0.29) is 23.0 Å². The topological polar surface area (TPSA) is 84.1 Å². The molecule has 11 heteroatoms. The first-order chi connectivity index (χ1) is 13.7. The third-order valence-electron chi connectivity index (χ3n) is 4.76. The summed E-state index contributed by atoms with van der Waals surface area (Å²) >= 11 is 5.71. The average Bonchev–Trinajstić information content (AvgIpc) is 3.15. The van der Waals surface area contributed by atoms with Gasteiger partial charge in [0.05, 0.1) is 21.6 Å². The van der Waals surface area contributed by atoms with Crippen LogP contribution in [0.15, 0.2) is 24.4 Å². The molecule has 1 aliphatic heterocycles. The van der Waals surface area contributed by atoms with Crippen molar-refractivity contribution in [3.8, 4) is 11.4 Å². The Kier molecular flexibility index (Phi) is 6.77. The number of aromatic nitrogens is 2. The van der Waals surface area contributed by atoms with Crippen LogP contribution in [0.5, 0.6) is 0 Å². The van der Waals surface area contributed by atoms with Gasteiger partial charge in [-0.1, -0.05) is 11.6 Å². The zero-order chi connectivity index (χ0) is 21.2. The molecular formula is C18H21ClF3N5OS. The number of nitrogens with two attached hydrogens (primary N) is 1. The van der Waals surface area contributed by atoms with Gasteiger partial charge in [-0.3, -0.25) is 0 Å². The van der Waals surface area contributed by atoms with E-state index in [4.69, 9.17) is 17.3 Å². The van der Waals surface area contributed by atoms with Crippen LogP contribution in [0.1, 0.15) is 17.5 Å². The summed E-state index contributed by atoms with van der Waals surface area (Å²) in [7, 11) is -1.23. The smallest absolute Gasteiger partial charge is 0.356 e. The number of anilines is 1. The lowest BCUT2D eigenvalue weighted by atomic mass is 10.1. The zero-order valence-electron chi connectivity index (χ0n) is 15.7. The van der Waals surface area contributed by atoms with Crippen molar-refractivity contribution in [3.63, 3.8) is 0 Å². The molecule has 3 N–H and O–H groups in total. The van der Waals surface area contributed by atoms with E-state index in [1.54, 1.807) is 6.20 Å². The van der Waals surface area contributed by atoms with Crippen molar-refractivity contribution in [1.82, 2.24) is 14.7 Å². The lowest BCUT2D eigenvalue weighted by molar-refractivity contribution is -0.137.